The average molecular weight is 407 g/mol. The minimum Gasteiger partial charge on any atom is -0.0610 e. The zero-order valence-electron chi connectivity index (χ0n) is 9.37. The number of rotatable bonds is 0. The molecule has 0 saturated carbocycles. The second kappa shape index (κ2) is 3.81. The molecule has 0 saturated heterocycles. The van der Waals surface area contributed by atoms with E-state index in [1.807, 2.05) is 0 Å². The van der Waals surface area contributed by atoms with Crippen LogP contribution in [0, 0.1) is 3.57 Å². The molecule has 4 rings (SSSR count). The molecule has 4 aromatic carbocycles. The highest BCUT2D eigenvalue weighted by molar-refractivity contribution is 14.1. The lowest BCUT2D eigenvalue weighted by molar-refractivity contribution is 1.69. The van der Waals surface area contributed by atoms with Crippen LogP contribution in [0.25, 0.3) is 32.3 Å². The summed E-state index contributed by atoms with van der Waals surface area (Å²) in [6.45, 7) is 0. The van der Waals surface area contributed by atoms with E-state index in [1.165, 1.54) is 40.4 Å². The summed E-state index contributed by atoms with van der Waals surface area (Å²) >= 11 is 6.10. The molecule has 0 unspecified atom stereocenters. The van der Waals surface area contributed by atoms with Crippen molar-refractivity contribution >= 4 is 70.8 Å². The van der Waals surface area contributed by atoms with Crippen LogP contribution >= 0.6 is 38.5 Å². The highest BCUT2D eigenvalue weighted by Crippen LogP contribution is 2.39. The van der Waals surface area contributed by atoms with Gasteiger partial charge in [0.05, 0.1) is 0 Å². The summed E-state index contributed by atoms with van der Waals surface area (Å²) in [6.07, 6.45) is 0. The molecule has 0 aliphatic carbocycles. The third-order valence-electron chi connectivity index (χ3n) is 3.54. The van der Waals surface area contributed by atoms with Crippen LogP contribution in [0.5, 0.6) is 0 Å². The Morgan fingerprint density at radius 2 is 1.44 bits per heavy atom. The van der Waals surface area contributed by atoms with Crippen LogP contribution in [0.15, 0.2) is 53.0 Å². The zero-order valence-corrected chi connectivity index (χ0v) is 13.1. The quantitative estimate of drug-likeness (QED) is 0.250. The SMILES string of the molecule is Brc1c(I)cc2ccc3cccc4ccc1c2c34. The van der Waals surface area contributed by atoms with Gasteiger partial charge in [-0.05, 0) is 76.9 Å². The highest BCUT2D eigenvalue weighted by atomic mass is 127. The molecule has 0 nitrogen and oxygen atoms in total. The Morgan fingerprint density at radius 3 is 2.22 bits per heavy atom. The van der Waals surface area contributed by atoms with Crippen molar-refractivity contribution in [3.05, 3.63) is 56.6 Å². The van der Waals surface area contributed by atoms with Gasteiger partial charge in [-0.25, -0.2) is 0 Å². The lowest BCUT2D eigenvalue weighted by Crippen LogP contribution is -1.86. The second-order valence-electron chi connectivity index (χ2n) is 4.53. The van der Waals surface area contributed by atoms with Crippen molar-refractivity contribution in [1.82, 2.24) is 0 Å². The fraction of sp³-hybridized carbons (Fsp3) is 0. The molecule has 0 amide bonds. The van der Waals surface area contributed by atoms with Gasteiger partial charge in [0.2, 0.25) is 0 Å². The normalized spacial score (nSPS) is 11.9. The Balaban J connectivity index is 2.46. The van der Waals surface area contributed by atoms with E-state index >= 15 is 0 Å². The van der Waals surface area contributed by atoms with Gasteiger partial charge < -0.3 is 0 Å². The van der Waals surface area contributed by atoms with E-state index in [1.54, 1.807) is 0 Å². The Hall–Kier alpha value is -0.870. The molecule has 0 aromatic heterocycles. The summed E-state index contributed by atoms with van der Waals surface area (Å²) in [5.41, 5.74) is 0. The van der Waals surface area contributed by atoms with E-state index in [0.717, 1.165) is 0 Å². The van der Waals surface area contributed by atoms with E-state index in [2.05, 4.69) is 87.1 Å². The molecule has 18 heavy (non-hydrogen) atoms. The highest BCUT2D eigenvalue weighted by Gasteiger charge is 2.11. The van der Waals surface area contributed by atoms with E-state index in [-0.39, 0.29) is 0 Å². The van der Waals surface area contributed by atoms with Gasteiger partial charge in [0.1, 0.15) is 0 Å². The summed E-state index contributed by atoms with van der Waals surface area (Å²) in [5.74, 6) is 0. The van der Waals surface area contributed by atoms with Crippen LogP contribution in [0.3, 0.4) is 0 Å². The first kappa shape index (κ1) is 11.0. The smallest absolute Gasteiger partial charge is 0.0387 e. The van der Waals surface area contributed by atoms with Crippen molar-refractivity contribution in [3.63, 3.8) is 0 Å². The van der Waals surface area contributed by atoms with Crippen molar-refractivity contribution in [2.45, 2.75) is 0 Å². The number of hydrogen-bond acceptors (Lipinski definition) is 0. The van der Waals surface area contributed by atoms with Crippen LogP contribution in [0.4, 0.5) is 0 Å². The number of benzene rings is 4. The van der Waals surface area contributed by atoms with Crippen LogP contribution in [-0.4, -0.2) is 0 Å². The molecule has 86 valence electrons. The fourth-order valence-electron chi connectivity index (χ4n) is 2.74. The van der Waals surface area contributed by atoms with Gasteiger partial charge >= 0.3 is 0 Å². The first-order chi connectivity index (χ1) is 8.75. The largest absolute Gasteiger partial charge is 0.0610 e. The molecule has 0 aliphatic rings. The maximum Gasteiger partial charge on any atom is 0.0387 e. The fourth-order valence-corrected chi connectivity index (χ4v) is 3.81. The zero-order chi connectivity index (χ0) is 12.3. The van der Waals surface area contributed by atoms with Gasteiger partial charge in [-0.15, -0.1) is 0 Å². The molecule has 0 spiro atoms. The Bertz CT molecular complexity index is 880. The topological polar surface area (TPSA) is 0 Å². The van der Waals surface area contributed by atoms with Crippen molar-refractivity contribution in [1.29, 1.82) is 0 Å². The van der Waals surface area contributed by atoms with Gasteiger partial charge in [0.25, 0.3) is 0 Å². The predicted octanol–water partition coefficient (Wildman–Crippen LogP) is 5.95. The minimum absolute atomic E-state index is 1.20. The van der Waals surface area contributed by atoms with Crippen molar-refractivity contribution in [2.75, 3.05) is 0 Å². The van der Waals surface area contributed by atoms with Crippen LogP contribution in [0.2, 0.25) is 0 Å². The molecule has 4 aromatic rings. The third-order valence-corrected chi connectivity index (χ3v) is 5.98. The second-order valence-corrected chi connectivity index (χ2v) is 6.48. The van der Waals surface area contributed by atoms with E-state index < -0.39 is 0 Å². The molecule has 0 bridgehead atoms. The summed E-state index contributed by atoms with van der Waals surface area (Å²) in [5, 5.41) is 8.02. The van der Waals surface area contributed by atoms with Crippen molar-refractivity contribution in [2.24, 2.45) is 0 Å². The monoisotopic (exact) mass is 406 g/mol. The molecular formula is C16H8BrI. The number of halogens is 2. The summed E-state index contributed by atoms with van der Waals surface area (Å²) in [6, 6.07) is 17.6. The molecule has 0 atom stereocenters. The van der Waals surface area contributed by atoms with Crippen molar-refractivity contribution < 1.29 is 0 Å². The minimum atomic E-state index is 1.20. The maximum atomic E-state index is 3.72. The Morgan fingerprint density at radius 1 is 0.778 bits per heavy atom. The average Bonchev–Trinajstić information content (AvgIpc) is 2.40. The lowest BCUT2D eigenvalue weighted by atomic mass is 9.94. The molecule has 0 N–H and O–H groups in total. The van der Waals surface area contributed by atoms with Gasteiger partial charge in [0, 0.05) is 8.04 Å². The van der Waals surface area contributed by atoms with Crippen LogP contribution in [-0.2, 0) is 0 Å². The first-order valence-corrected chi connectivity index (χ1v) is 7.64. The Kier molecular flexibility index (Phi) is 2.33. The molecule has 2 heteroatoms. The third kappa shape index (κ3) is 1.36. The Labute approximate surface area is 127 Å². The molecular weight excluding hydrogens is 399 g/mol. The maximum absolute atomic E-state index is 3.72. The van der Waals surface area contributed by atoms with Crippen LogP contribution in [0.1, 0.15) is 0 Å². The van der Waals surface area contributed by atoms with Gasteiger partial charge in [-0.1, -0.05) is 42.5 Å². The van der Waals surface area contributed by atoms with E-state index in [9.17, 15) is 0 Å². The molecule has 0 radical (unpaired) electrons. The summed E-state index contributed by atoms with van der Waals surface area (Å²) in [4.78, 5) is 0. The molecule has 0 aliphatic heterocycles. The van der Waals surface area contributed by atoms with Crippen LogP contribution < -0.4 is 0 Å². The summed E-state index contributed by atoms with van der Waals surface area (Å²) < 4.78 is 2.47. The predicted molar refractivity (Wildman–Crippen MR) is 90.6 cm³/mol. The van der Waals surface area contributed by atoms with Gasteiger partial charge in [0.15, 0.2) is 0 Å². The standard InChI is InChI=1S/C16H8BrI/c17-16-12-7-6-10-3-1-2-9-4-5-11(8-13(16)18)15(12)14(9)10/h1-8H. The molecule has 0 heterocycles. The summed E-state index contributed by atoms with van der Waals surface area (Å²) in [7, 11) is 0. The van der Waals surface area contributed by atoms with Gasteiger partial charge in [-0.2, -0.15) is 0 Å². The number of hydrogen-bond donors (Lipinski definition) is 0. The first-order valence-electron chi connectivity index (χ1n) is 5.77. The van der Waals surface area contributed by atoms with Gasteiger partial charge in [-0.3, -0.25) is 0 Å². The van der Waals surface area contributed by atoms with Crippen molar-refractivity contribution in [3.8, 4) is 0 Å². The van der Waals surface area contributed by atoms with E-state index in [0.29, 0.717) is 0 Å². The lowest BCUT2D eigenvalue weighted by Gasteiger charge is -2.12. The molecule has 0 fully saturated rings. The van der Waals surface area contributed by atoms with E-state index in [4.69, 9.17) is 0 Å².